The van der Waals surface area contributed by atoms with Gasteiger partial charge in [-0.15, -0.1) is 11.3 Å². The third kappa shape index (κ3) is 6.14. The van der Waals surface area contributed by atoms with Crippen LogP contribution < -0.4 is 5.32 Å². The largest absolute Gasteiger partial charge is 0.388 e. The number of para-hydroxylation sites is 1. The predicted molar refractivity (Wildman–Crippen MR) is 128 cm³/mol. The first-order valence-corrected chi connectivity index (χ1v) is 10.7. The van der Waals surface area contributed by atoms with Gasteiger partial charge in [-0.3, -0.25) is 4.79 Å². The standard InChI is InChI=1S/C14H12N2S.C8H7ClO.C2H6/c1-15-11-6-4-5-10(9-11)14-16-12-7-2-3-8-13(12)17-14;1-6-2-3-8(9)7(4-6)5-10;1-2/h2-9,15H,1H3;2-5H,1H3;1-2H3. The molecule has 0 unspecified atom stereocenters. The number of thiazole rings is 1. The Bertz CT molecular complexity index is 1040. The van der Waals surface area contributed by atoms with Crippen LogP contribution in [-0.2, 0) is 0 Å². The van der Waals surface area contributed by atoms with E-state index in [4.69, 9.17) is 11.6 Å². The second-order valence-corrected chi connectivity index (χ2v) is 7.40. The molecule has 3 aromatic carbocycles. The molecule has 0 saturated carbocycles. The number of carbonyl (C=O) groups excluding carboxylic acids is 1. The average Bonchev–Trinajstić information content (AvgIpc) is 3.22. The monoisotopic (exact) mass is 424 g/mol. The van der Waals surface area contributed by atoms with Gasteiger partial charge in [0.1, 0.15) is 5.01 Å². The highest BCUT2D eigenvalue weighted by Gasteiger charge is 2.05. The lowest BCUT2D eigenvalue weighted by molar-refractivity contribution is 0.112. The summed E-state index contributed by atoms with van der Waals surface area (Å²) in [5.74, 6) is 0. The molecule has 0 saturated heterocycles. The number of carbonyl (C=O) groups is 1. The Morgan fingerprint density at radius 2 is 1.76 bits per heavy atom. The Kier molecular flexibility index (Phi) is 8.84. The molecule has 150 valence electrons. The number of hydrogen-bond acceptors (Lipinski definition) is 4. The van der Waals surface area contributed by atoms with Gasteiger partial charge in [-0.25, -0.2) is 4.98 Å². The number of hydrogen-bond donors (Lipinski definition) is 1. The van der Waals surface area contributed by atoms with Crippen molar-refractivity contribution in [2.45, 2.75) is 20.8 Å². The molecular formula is C24H25ClN2OS. The second kappa shape index (κ2) is 11.3. The molecule has 0 fully saturated rings. The van der Waals surface area contributed by atoms with Crippen molar-refractivity contribution < 1.29 is 4.79 Å². The topological polar surface area (TPSA) is 42.0 Å². The molecule has 0 radical (unpaired) electrons. The van der Waals surface area contributed by atoms with E-state index < -0.39 is 0 Å². The molecule has 0 spiro atoms. The third-order valence-electron chi connectivity index (χ3n) is 3.97. The first-order valence-electron chi connectivity index (χ1n) is 9.46. The highest BCUT2D eigenvalue weighted by atomic mass is 35.5. The van der Waals surface area contributed by atoms with Gasteiger partial charge in [0, 0.05) is 23.9 Å². The Morgan fingerprint density at radius 1 is 1.00 bits per heavy atom. The van der Waals surface area contributed by atoms with E-state index in [0.29, 0.717) is 10.6 Å². The van der Waals surface area contributed by atoms with Gasteiger partial charge in [0.05, 0.1) is 15.2 Å². The molecule has 0 aliphatic carbocycles. The highest BCUT2D eigenvalue weighted by molar-refractivity contribution is 7.21. The predicted octanol–water partition coefficient (Wildman–Crippen LogP) is 7.49. The van der Waals surface area contributed by atoms with Crippen LogP contribution in [0.3, 0.4) is 0 Å². The van der Waals surface area contributed by atoms with Gasteiger partial charge in [0.25, 0.3) is 0 Å². The fourth-order valence-corrected chi connectivity index (χ4v) is 3.68. The number of benzene rings is 3. The fraction of sp³-hybridized carbons (Fsp3) is 0.167. The summed E-state index contributed by atoms with van der Waals surface area (Å²) in [4.78, 5) is 14.9. The van der Waals surface area contributed by atoms with Crippen molar-refractivity contribution in [3.63, 3.8) is 0 Å². The number of rotatable bonds is 3. The summed E-state index contributed by atoms with van der Waals surface area (Å²) in [6.45, 7) is 5.92. The molecule has 0 bridgehead atoms. The van der Waals surface area contributed by atoms with Crippen LogP contribution in [0.5, 0.6) is 0 Å². The van der Waals surface area contributed by atoms with E-state index >= 15 is 0 Å². The van der Waals surface area contributed by atoms with E-state index in [1.807, 2.05) is 52.1 Å². The lowest BCUT2D eigenvalue weighted by atomic mass is 10.2. The SMILES string of the molecule is CC.CNc1cccc(-c2nc3ccccc3s2)c1.Cc1ccc(Cl)c(C=O)c1. The minimum atomic E-state index is 0.514. The molecule has 0 aliphatic heterocycles. The number of anilines is 1. The number of nitrogens with zero attached hydrogens (tertiary/aromatic N) is 1. The number of aldehydes is 1. The van der Waals surface area contributed by atoms with Gasteiger partial charge >= 0.3 is 0 Å². The zero-order valence-corrected chi connectivity index (χ0v) is 18.6. The first kappa shape index (κ1) is 22.6. The van der Waals surface area contributed by atoms with E-state index in [-0.39, 0.29) is 0 Å². The van der Waals surface area contributed by atoms with Gasteiger partial charge in [-0.2, -0.15) is 0 Å². The third-order valence-corrected chi connectivity index (χ3v) is 5.40. The zero-order valence-electron chi connectivity index (χ0n) is 17.1. The van der Waals surface area contributed by atoms with E-state index in [1.54, 1.807) is 23.5 Å². The molecule has 1 heterocycles. The van der Waals surface area contributed by atoms with E-state index in [1.165, 1.54) is 4.70 Å². The minimum Gasteiger partial charge on any atom is -0.388 e. The molecule has 4 rings (SSSR count). The summed E-state index contributed by atoms with van der Waals surface area (Å²) < 4.78 is 1.23. The molecule has 0 aliphatic rings. The van der Waals surface area contributed by atoms with Crippen LogP contribution in [-0.4, -0.2) is 18.3 Å². The Morgan fingerprint density at radius 3 is 2.41 bits per heavy atom. The first-order chi connectivity index (χ1) is 14.1. The van der Waals surface area contributed by atoms with Crippen LogP contribution in [0.25, 0.3) is 20.8 Å². The number of halogens is 1. The summed E-state index contributed by atoms with van der Waals surface area (Å²) in [6, 6.07) is 21.9. The van der Waals surface area contributed by atoms with Crippen molar-refractivity contribution in [1.82, 2.24) is 4.98 Å². The van der Waals surface area contributed by atoms with Crippen LogP contribution in [0.2, 0.25) is 5.02 Å². The maximum atomic E-state index is 10.3. The normalized spacial score (nSPS) is 9.69. The van der Waals surface area contributed by atoms with Crippen molar-refractivity contribution in [2.75, 3.05) is 12.4 Å². The Balaban J connectivity index is 0.000000215. The number of fused-ring (bicyclic) bond motifs is 1. The molecule has 1 N–H and O–H groups in total. The van der Waals surface area contributed by atoms with E-state index in [2.05, 4.69) is 40.6 Å². The number of nitrogens with one attached hydrogen (secondary N) is 1. The Hall–Kier alpha value is -2.69. The molecule has 4 aromatic rings. The summed E-state index contributed by atoms with van der Waals surface area (Å²) in [5.41, 5.74) is 4.95. The number of aryl methyl sites for hydroxylation is 1. The molecule has 1 aromatic heterocycles. The molecule has 29 heavy (non-hydrogen) atoms. The molecule has 0 atom stereocenters. The van der Waals surface area contributed by atoms with Gasteiger partial charge in [-0.05, 0) is 43.3 Å². The summed E-state index contributed by atoms with van der Waals surface area (Å²) in [5, 5.41) is 4.73. The van der Waals surface area contributed by atoms with Gasteiger partial charge < -0.3 is 5.32 Å². The van der Waals surface area contributed by atoms with Crippen molar-refractivity contribution in [3.05, 3.63) is 82.9 Å². The summed E-state index contributed by atoms with van der Waals surface area (Å²) >= 11 is 7.40. The maximum absolute atomic E-state index is 10.3. The quantitative estimate of drug-likeness (QED) is 0.346. The second-order valence-electron chi connectivity index (χ2n) is 5.96. The zero-order chi connectivity index (χ0) is 21.2. The lowest BCUT2D eigenvalue weighted by Crippen LogP contribution is -1.87. The highest BCUT2D eigenvalue weighted by Crippen LogP contribution is 2.30. The summed E-state index contributed by atoms with van der Waals surface area (Å²) in [7, 11) is 1.93. The smallest absolute Gasteiger partial charge is 0.151 e. The van der Waals surface area contributed by atoms with Crippen molar-refractivity contribution in [2.24, 2.45) is 0 Å². The Labute approximate surface area is 181 Å². The van der Waals surface area contributed by atoms with E-state index in [0.717, 1.165) is 33.6 Å². The summed E-state index contributed by atoms with van der Waals surface area (Å²) in [6.07, 6.45) is 0.759. The number of aromatic nitrogens is 1. The van der Waals surface area contributed by atoms with Crippen LogP contribution in [0.15, 0.2) is 66.7 Å². The molecular weight excluding hydrogens is 400 g/mol. The fourth-order valence-electron chi connectivity index (χ4n) is 2.56. The van der Waals surface area contributed by atoms with Crippen LogP contribution in [0, 0.1) is 6.92 Å². The lowest BCUT2D eigenvalue weighted by Gasteiger charge is -2.01. The van der Waals surface area contributed by atoms with Gasteiger partial charge in [-0.1, -0.05) is 61.3 Å². The van der Waals surface area contributed by atoms with Crippen molar-refractivity contribution in [1.29, 1.82) is 0 Å². The van der Waals surface area contributed by atoms with Crippen molar-refractivity contribution >= 4 is 45.1 Å². The van der Waals surface area contributed by atoms with Gasteiger partial charge in [0.15, 0.2) is 6.29 Å². The molecule has 0 amide bonds. The van der Waals surface area contributed by atoms with Gasteiger partial charge in [0.2, 0.25) is 0 Å². The van der Waals surface area contributed by atoms with E-state index in [9.17, 15) is 4.79 Å². The van der Waals surface area contributed by atoms with Crippen molar-refractivity contribution in [3.8, 4) is 10.6 Å². The average molecular weight is 425 g/mol. The van der Waals surface area contributed by atoms with Crippen LogP contribution in [0.1, 0.15) is 29.8 Å². The molecule has 3 nitrogen and oxygen atoms in total. The van der Waals surface area contributed by atoms with Crippen LogP contribution in [0.4, 0.5) is 5.69 Å². The van der Waals surface area contributed by atoms with Crippen LogP contribution >= 0.6 is 22.9 Å². The minimum absolute atomic E-state index is 0.514. The molecule has 5 heteroatoms. The maximum Gasteiger partial charge on any atom is 0.151 e.